The molecule has 0 saturated heterocycles. The van der Waals surface area contributed by atoms with Gasteiger partial charge < -0.3 is 34.3 Å². The first-order chi connectivity index (χ1) is 18.4. The number of esters is 1. The lowest BCUT2D eigenvalue weighted by molar-refractivity contribution is -0.143. The van der Waals surface area contributed by atoms with Crippen molar-refractivity contribution in [3.63, 3.8) is 0 Å². The molecule has 0 aliphatic carbocycles. The molecule has 0 radical (unpaired) electrons. The van der Waals surface area contributed by atoms with Gasteiger partial charge in [-0.05, 0) is 32.6 Å². The van der Waals surface area contributed by atoms with Crippen LogP contribution in [0.1, 0.15) is 74.1 Å². The summed E-state index contributed by atoms with van der Waals surface area (Å²) in [5.74, 6) is -1.97. The number of hydrogen-bond donors (Lipinski definition) is 1. The van der Waals surface area contributed by atoms with Crippen molar-refractivity contribution in [3.05, 3.63) is 0 Å². The number of nitrogens with zero attached hydrogens (tertiary/aromatic N) is 2. The number of hydrogen-bond acceptors (Lipinski definition) is 11. The van der Waals surface area contributed by atoms with Crippen LogP contribution in [0.3, 0.4) is 0 Å². The summed E-state index contributed by atoms with van der Waals surface area (Å²) in [6.07, 6.45) is -2.93. The van der Waals surface area contributed by atoms with E-state index in [1.165, 1.54) is 11.9 Å². The molecule has 0 saturated carbocycles. The van der Waals surface area contributed by atoms with E-state index in [1.807, 2.05) is 13.8 Å². The fourth-order valence-electron chi connectivity index (χ4n) is 2.51. The van der Waals surface area contributed by atoms with E-state index < -0.39 is 56.4 Å². The van der Waals surface area contributed by atoms with Gasteiger partial charge in [0.05, 0.1) is 19.8 Å². The average molecular weight is 584 g/mol. The third-order valence-electron chi connectivity index (χ3n) is 5.25. The molecule has 0 spiro atoms. The summed E-state index contributed by atoms with van der Waals surface area (Å²) in [7, 11) is -3.28. The molecule has 14 nitrogen and oxygen atoms in total. The zero-order chi connectivity index (χ0) is 30.0. The molecule has 0 fully saturated rings. The Morgan fingerprint density at radius 1 is 0.821 bits per heavy atom. The average Bonchev–Trinajstić information content (AvgIpc) is 2.88. The predicted octanol–water partition coefficient (Wildman–Crippen LogP) is 4.81. The van der Waals surface area contributed by atoms with E-state index >= 15 is 0 Å². The zero-order valence-electron chi connectivity index (χ0n) is 24.4. The topological polar surface area (TPSA) is 175 Å². The number of carbonyl (C=O) groups is 3. The largest absolute Gasteiger partial charge is 0.510 e. The molecule has 0 amide bonds. The van der Waals surface area contributed by atoms with Crippen molar-refractivity contribution in [2.75, 3.05) is 33.4 Å². The van der Waals surface area contributed by atoms with Crippen LogP contribution in [-0.2, 0) is 42.1 Å². The summed E-state index contributed by atoms with van der Waals surface area (Å²) in [6.45, 7) is 12.3. The van der Waals surface area contributed by atoms with E-state index in [0.29, 0.717) is 25.7 Å². The van der Waals surface area contributed by atoms with Crippen LogP contribution in [-0.4, -0.2) is 75.1 Å². The van der Waals surface area contributed by atoms with Crippen LogP contribution in [0.5, 0.6) is 0 Å². The first-order valence-electron chi connectivity index (χ1n) is 13.2. The molecule has 0 aliphatic rings. The first-order valence-corrected chi connectivity index (χ1v) is 14.7. The Hall–Kier alpha value is -2.57. The lowest BCUT2D eigenvalue weighted by Gasteiger charge is -2.29. The summed E-state index contributed by atoms with van der Waals surface area (Å²) in [4.78, 5) is 37.5. The molecular formula is C24H46N3O11P. The third kappa shape index (κ3) is 15.0. The van der Waals surface area contributed by atoms with E-state index in [9.17, 15) is 18.9 Å². The Morgan fingerprint density at radius 2 is 1.26 bits per heavy atom. The Morgan fingerprint density at radius 3 is 1.62 bits per heavy atom. The highest BCUT2D eigenvalue weighted by Gasteiger charge is 2.40. The Balaban J connectivity index is 6.32. The molecule has 2 N–H and O–H groups in total. The molecule has 39 heavy (non-hydrogen) atoms. The van der Waals surface area contributed by atoms with Gasteiger partial charge in [0.15, 0.2) is 0 Å². The molecule has 0 aromatic carbocycles. The van der Waals surface area contributed by atoms with Gasteiger partial charge in [0, 0.05) is 18.9 Å². The van der Waals surface area contributed by atoms with E-state index in [4.69, 9.17) is 38.5 Å². The van der Waals surface area contributed by atoms with Crippen molar-refractivity contribution in [2.24, 2.45) is 22.3 Å². The Labute approximate surface area is 231 Å². The van der Waals surface area contributed by atoms with Gasteiger partial charge in [0.2, 0.25) is 18.5 Å². The second-order valence-corrected chi connectivity index (χ2v) is 10.3. The van der Waals surface area contributed by atoms with Gasteiger partial charge in [-0.25, -0.2) is 23.2 Å². The van der Waals surface area contributed by atoms with Gasteiger partial charge in [-0.15, -0.1) is 4.76 Å². The maximum absolute atomic E-state index is 14.1. The lowest BCUT2D eigenvalue weighted by atomic mass is 10.1. The van der Waals surface area contributed by atoms with Crippen LogP contribution < -0.4 is 5.73 Å². The van der Waals surface area contributed by atoms with Crippen molar-refractivity contribution >= 4 is 32.0 Å². The molecule has 4 unspecified atom stereocenters. The maximum atomic E-state index is 14.1. The minimum Gasteiger partial charge on any atom is -0.465 e. The third-order valence-corrected chi connectivity index (χ3v) is 6.65. The van der Waals surface area contributed by atoms with Gasteiger partial charge in [0.1, 0.15) is 6.54 Å². The number of carbonyl (C=O) groups excluding carboxylic acids is 3. The van der Waals surface area contributed by atoms with Crippen molar-refractivity contribution in [1.82, 2.24) is 4.90 Å². The fraction of sp³-hybridized carbons (Fsp3) is 0.833. The standard InChI is InChI=1S/C24H46N3O11P/c1-9-14-33-23(29)35-20(17(6)11-3)37-39(31,26-22(25)27(8)16-19(28)32-13-5)38-21(18(7)12-4)36-24(30)34-15-10-2/h17-18,20-21H,9-16H2,1-8H3,(H2,25,26,31). The number of ether oxygens (including phenoxy) is 5. The molecule has 228 valence electrons. The highest BCUT2D eigenvalue weighted by molar-refractivity contribution is 7.52. The maximum Gasteiger partial charge on any atom is 0.510 e. The van der Waals surface area contributed by atoms with Gasteiger partial charge in [-0.2, -0.15) is 0 Å². The summed E-state index contributed by atoms with van der Waals surface area (Å²) < 4.78 is 54.7. The van der Waals surface area contributed by atoms with E-state index in [1.54, 1.807) is 34.6 Å². The number of rotatable bonds is 18. The quantitative estimate of drug-likeness (QED) is 0.0582. The predicted molar refractivity (Wildman–Crippen MR) is 143 cm³/mol. The van der Waals surface area contributed by atoms with Crippen molar-refractivity contribution < 1.29 is 51.7 Å². The molecule has 4 atom stereocenters. The molecule has 15 heteroatoms. The lowest BCUT2D eigenvalue weighted by Crippen LogP contribution is -2.38. The zero-order valence-corrected chi connectivity index (χ0v) is 25.3. The molecular weight excluding hydrogens is 537 g/mol. The second kappa shape index (κ2) is 19.5. The number of likely N-dealkylation sites (N-methyl/N-ethyl adjacent to an activating group) is 1. The molecule has 0 aliphatic heterocycles. The van der Waals surface area contributed by atoms with Gasteiger partial charge >= 0.3 is 26.0 Å². The van der Waals surface area contributed by atoms with Crippen LogP contribution in [0.4, 0.5) is 9.59 Å². The van der Waals surface area contributed by atoms with Crippen LogP contribution in [0.2, 0.25) is 0 Å². The van der Waals surface area contributed by atoms with Crippen molar-refractivity contribution in [2.45, 2.75) is 86.7 Å². The minimum absolute atomic E-state index is 0.105. The SMILES string of the molecule is CCCOC(=O)OC(OP(=O)(/N=C(\N)N(C)CC(=O)OCC)OC(OC(=O)OCCC)C(C)CC)C(C)CC. The van der Waals surface area contributed by atoms with Gasteiger partial charge in [-0.3, -0.25) is 4.79 Å². The first kappa shape index (κ1) is 36.4. The summed E-state index contributed by atoms with van der Waals surface area (Å²) in [5, 5.41) is 0. The van der Waals surface area contributed by atoms with Gasteiger partial charge in [-0.1, -0.05) is 41.5 Å². The molecule has 0 aromatic heterocycles. The number of nitrogens with two attached hydrogens (primary N) is 1. The van der Waals surface area contributed by atoms with Crippen molar-refractivity contribution in [1.29, 1.82) is 0 Å². The van der Waals surface area contributed by atoms with Crippen molar-refractivity contribution in [3.8, 4) is 0 Å². The smallest absolute Gasteiger partial charge is 0.465 e. The highest BCUT2D eigenvalue weighted by Crippen LogP contribution is 2.54. The normalized spacial score (nSPS) is 16.2. The van der Waals surface area contributed by atoms with Crippen LogP contribution in [0.15, 0.2) is 4.76 Å². The Kier molecular flexibility index (Phi) is 18.2. The van der Waals surface area contributed by atoms with Crippen LogP contribution >= 0.6 is 7.75 Å². The van der Waals surface area contributed by atoms with E-state index in [-0.39, 0.29) is 26.4 Å². The fourth-order valence-corrected chi connectivity index (χ4v) is 4.09. The molecule has 0 rings (SSSR count). The Bertz CT molecular complexity index is 785. The minimum atomic E-state index is -4.70. The van der Waals surface area contributed by atoms with Gasteiger partial charge in [0.25, 0.3) is 0 Å². The summed E-state index contributed by atoms with van der Waals surface area (Å²) in [5.41, 5.74) is 6.02. The highest BCUT2D eigenvalue weighted by atomic mass is 31.2. The van der Waals surface area contributed by atoms with Crippen LogP contribution in [0, 0.1) is 11.8 Å². The van der Waals surface area contributed by atoms with E-state index in [0.717, 1.165) is 0 Å². The second-order valence-electron chi connectivity index (χ2n) is 8.74. The molecule has 0 heterocycles. The number of guanidine groups is 1. The molecule has 0 aromatic rings. The van der Waals surface area contributed by atoms with E-state index in [2.05, 4.69) is 4.76 Å². The molecule has 0 bridgehead atoms. The van der Waals surface area contributed by atoms with Crippen LogP contribution in [0.25, 0.3) is 0 Å². The summed E-state index contributed by atoms with van der Waals surface area (Å²) >= 11 is 0. The summed E-state index contributed by atoms with van der Waals surface area (Å²) in [6, 6.07) is 0. The monoisotopic (exact) mass is 583 g/mol.